The number of ketones is 1. The molecular weight excluding hydrogens is 205 g/mol. The molecule has 1 fully saturated rings. The molecule has 1 aromatic rings. The molecule has 0 bridgehead atoms. The maximum absolute atomic E-state index is 13.0. The third-order valence-electron chi connectivity index (χ3n) is 3.30. The Bertz CT molecular complexity index is 422. The predicted molar refractivity (Wildman–Crippen MR) is 61.1 cm³/mol. The SMILES string of the molecule is Cc1cc(F)ccc1C(=O)C1(C)CCCN1. The maximum atomic E-state index is 13.0. The fourth-order valence-corrected chi connectivity index (χ4v) is 2.27. The number of Topliss-reactive ketones (excluding diaryl/α,β-unsaturated/α-hetero) is 1. The second-order valence-electron chi connectivity index (χ2n) is 4.65. The van der Waals surface area contributed by atoms with Crippen LogP contribution >= 0.6 is 0 Å². The van der Waals surface area contributed by atoms with Crippen molar-refractivity contribution >= 4 is 5.78 Å². The smallest absolute Gasteiger partial charge is 0.182 e. The van der Waals surface area contributed by atoms with Gasteiger partial charge in [0.15, 0.2) is 5.78 Å². The van der Waals surface area contributed by atoms with Gasteiger partial charge in [-0.3, -0.25) is 4.79 Å². The van der Waals surface area contributed by atoms with Gasteiger partial charge in [-0.05, 0) is 57.0 Å². The molecule has 2 nitrogen and oxygen atoms in total. The fraction of sp³-hybridized carbons (Fsp3) is 0.462. The van der Waals surface area contributed by atoms with Crippen molar-refractivity contribution in [3.05, 3.63) is 35.1 Å². The van der Waals surface area contributed by atoms with Gasteiger partial charge in [0, 0.05) is 5.56 Å². The second-order valence-corrected chi connectivity index (χ2v) is 4.65. The van der Waals surface area contributed by atoms with E-state index in [1.807, 2.05) is 6.92 Å². The molecule has 0 saturated carbocycles. The Labute approximate surface area is 94.9 Å². The zero-order valence-electron chi connectivity index (χ0n) is 9.64. The minimum absolute atomic E-state index is 0.0718. The standard InChI is InChI=1S/C13H16FNO/c1-9-8-10(14)4-5-11(9)12(16)13(2)6-3-7-15-13/h4-5,8,15H,3,6-7H2,1-2H3. The van der Waals surface area contributed by atoms with Crippen molar-refractivity contribution < 1.29 is 9.18 Å². The van der Waals surface area contributed by atoms with E-state index in [1.165, 1.54) is 12.1 Å². The van der Waals surface area contributed by atoms with Gasteiger partial charge in [-0.1, -0.05) is 0 Å². The number of rotatable bonds is 2. The highest BCUT2D eigenvalue weighted by molar-refractivity contribution is 6.04. The van der Waals surface area contributed by atoms with Crippen LogP contribution in [0.4, 0.5) is 4.39 Å². The quantitative estimate of drug-likeness (QED) is 0.777. The summed E-state index contributed by atoms with van der Waals surface area (Å²) in [4.78, 5) is 12.3. The Morgan fingerprint density at radius 3 is 2.81 bits per heavy atom. The van der Waals surface area contributed by atoms with Crippen molar-refractivity contribution in [3.8, 4) is 0 Å². The minimum atomic E-state index is -0.470. The average molecular weight is 221 g/mol. The van der Waals surface area contributed by atoms with Crippen molar-refractivity contribution in [2.24, 2.45) is 0 Å². The van der Waals surface area contributed by atoms with Crippen LogP contribution in [0.15, 0.2) is 18.2 Å². The van der Waals surface area contributed by atoms with Gasteiger partial charge in [0.2, 0.25) is 0 Å². The molecule has 3 heteroatoms. The topological polar surface area (TPSA) is 29.1 Å². The highest BCUT2D eigenvalue weighted by Crippen LogP contribution is 2.25. The number of halogens is 1. The zero-order chi connectivity index (χ0) is 11.8. The third kappa shape index (κ3) is 1.87. The molecule has 0 radical (unpaired) electrons. The summed E-state index contributed by atoms with van der Waals surface area (Å²) in [5.41, 5.74) is 0.862. The number of carbonyl (C=O) groups is 1. The molecule has 16 heavy (non-hydrogen) atoms. The Morgan fingerprint density at radius 2 is 2.25 bits per heavy atom. The summed E-state index contributed by atoms with van der Waals surface area (Å²) in [6, 6.07) is 4.34. The lowest BCUT2D eigenvalue weighted by atomic mass is 9.88. The van der Waals surface area contributed by atoms with Crippen LogP contribution in [0.25, 0.3) is 0 Å². The first-order valence-electron chi connectivity index (χ1n) is 5.59. The molecule has 86 valence electrons. The molecule has 1 heterocycles. The summed E-state index contributed by atoms with van der Waals surface area (Å²) in [6.07, 6.45) is 1.87. The van der Waals surface area contributed by atoms with Crippen LogP contribution in [0.5, 0.6) is 0 Å². The Balaban J connectivity index is 2.33. The largest absolute Gasteiger partial charge is 0.305 e. The number of aryl methyl sites for hydroxylation is 1. The molecule has 1 atom stereocenters. The van der Waals surface area contributed by atoms with Crippen LogP contribution in [-0.4, -0.2) is 17.9 Å². The van der Waals surface area contributed by atoms with Crippen LogP contribution < -0.4 is 5.32 Å². The van der Waals surface area contributed by atoms with Gasteiger partial charge in [0.25, 0.3) is 0 Å². The Hall–Kier alpha value is -1.22. The number of hydrogen-bond acceptors (Lipinski definition) is 2. The second kappa shape index (κ2) is 3.98. The van der Waals surface area contributed by atoms with E-state index in [0.29, 0.717) is 11.1 Å². The monoisotopic (exact) mass is 221 g/mol. The molecule has 1 saturated heterocycles. The number of carbonyl (C=O) groups excluding carboxylic acids is 1. The Kier molecular flexibility index (Phi) is 2.80. The van der Waals surface area contributed by atoms with Crippen LogP contribution in [0.2, 0.25) is 0 Å². The van der Waals surface area contributed by atoms with Crippen molar-refractivity contribution in [2.75, 3.05) is 6.54 Å². The highest BCUT2D eigenvalue weighted by atomic mass is 19.1. The molecule has 0 aliphatic carbocycles. The molecule has 1 aromatic carbocycles. The number of benzene rings is 1. The summed E-state index contributed by atoms with van der Waals surface area (Å²) in [7, 11) is 0. The van der Waals surface area contributed by atoms with E-state index in [4.69, 9.17) is 0 Å². The number of hydrogen-bond donors (Lipinski definition) is 1. The predicted octanol–water partition coefficient (Wildman–Crippen LogP) is 2.46. The number of nitrogens with one attached hydrogen (secondary N) is 1. The summed E-state index contributed by atoms with van der Waals surface area (Å²) in [6.45, 7) is 4.57. The Morgan fingerprint density at radius 1 is 1.50 bits per heavy atom. The van der Waals surface area contributed by atoms with Gasteiger partial charge >= 0.3 is 0 Å². The summed E-state index contributed by atoms with van der Waals surface area (Å²) in [5, 5.41) is 3.23. The van der Waals surface area contributed by atoms with Crippen molar-refractivity contribution in [1.82, 2.24) is 5.32 Å². The van der Waals surface area contributed by atoms with Gasteiger partial charge in [0.1, 0.15) is 5.82 Å². The highest BCUT2D eigenvalue weighted by Gasteiger charge is 2.36. The molecule has 0 aromatic heterocycles. The van der Waals surface area contributed by atoms with E-state index in [1.54, 1.807) is 13.0 Å². The van der Waals surface area contributed by atoms with E-state index in [9.17, 15) is 9.18 Å². The summed E-state index contributed by atoms with van der Waals surface area (Å²) < 4.78 is 13.0. The van der Waals surface area contributed by atoms with Crippen LogP contribution in [0.1, 0.15) is 35.7 Å². The first kappa shape index (κ1) is 11.3. The lowest BCUT2D eigenvalue weighted by Gasteiger charge is -2.23. The van der Waals surface area contributed by atoms with Crippen molar-refractivity contribution in [2.45, 2.75) is 32.2 Å². The van der Waals surface area contributed by atoms with Gasteiger partial charge in [-0.2, -0.15) is 0 Å². The van der Waals surface area contributed by atoms with E-state index in [-0.39, 0.29) is 11.6 Å². The van der Waals surface area contributed by atoms with E-state index in [2.05, 4.69) is 5.32 Å². The lowest BCUT2D eigenvalue weighted by Crippen LogP contribution is -2.44. The molecule has 1 unspecified atom stereocenters. The molecule has 0 amide bonds. The molecule has 2 rings (SSSR count). The van der Waals surface area contributed by atoms with E-state index >= 15 is 0 Å². The van der Waals surface area contributed by atoms with E-state index < -0.39 is 5.54 Å². The van der Waals surface area contributed by atoms with Gasteiger partial charge in [-0.25, -0.2) is 4.39 Å². The van der Waals surface area contributed by atoms with Gasteiger partial charge < -0.3 is 5.32 Å². The van der Waals surface area contributed by atoms with Gasteiger partial charge in [0.05, 0.1) is 5.54 Å². The first-order valence-corrected chi connectivity index (χ1v) is 5.59. The van der Waals surface area contributed by atoms with Crippen LogP contribution in [0.3, 0.4) is 0 Å². The molecule has 1 N–H and O–H groups in total. The minimum Gasteiger partial charge on any atom is -0.305 e. The van der Waals surface area contributed by atoms with E-state index in [0.717, 1.165) is 19.4 Å². The summed E-state index contributed by atoms with van der Waals surface area (Å²) in [5.74, 6) is -0.221. The lowest BCUT2D eigenvalue weighted by molar-refractivity contribution is 0.0883. The molecule has 0 spiro atoms. The van der Waals surface area contributed by atoms with Crippen LogP contribution in [-0.2, 0) is 0 Å². The molecular formula is C13H16FNO. The third-order valence-corrected chi connectivity index (χ3v) is 3.30. The normalized spacial score (nSPS) is 24.7. The first-order chi connectivity index (χ1) is 7.53. The summed E-state index contributed by atoms with van der Waals surface area (Å²) >= 11 is 0. The van der Waals surface area contributed by atoms with Crippen molar-refractivity contribution in [3.63, 3.8) is 0 Å². The fourth-order valence-electron chi connectivity index (χ4n) is 2.27. The zero-order valence-corrected chi connectivity index (χ0v) is 9.64. The maximum Gasteiger partial charge on any atom is 0.182 e. The average Bonchev–Trinajstić information content (AvgIpc) is 2.66. The molecule has 1 aliphatic heterocycles. The van der Waals surface area contributed by atoms with Crippen molar-refractivity contribution in [1.29, 1.82) is 0 Å². The van der Waals surface area contributed by atoms with Gasteiger partial charge in [-0.15, -0.1) is 0 Å². The van der Waals surface area contributed by atoms with Crippen LogP contribution in [0, 0.1) is 12.7 Å². The molecule has 1 aliphatic rings.